The van der Waals surface area contributed by atoms with Crippen LogP contribution in [-0.4, -0.2) is 12.0 Å². The van der Waals surface area contributed by atoms with E-state index in [9.17, 15) is 9.18 Å². The van der Waals surface area contributed by atoms with Crippen molar-refractivity contribution in [3.8, 4) is 12.3 Å². The third-order valence-electron chi connectivity index (χ3n) is 1.52. The Morgan fingerprint density at radius 2 is 2.44 bits per heavy atom. The van der Waals surface area contributed by atoms with E-state index in [0.29, 0.717) is 0 Å². The molecule has 9 heavy (non-hydrogen) atoms. The Bertz CT molecular complexity index is 168. The van der Waals surface area contributed by atoms with Crippen molar-refractivity contribution in [3.63, 3.8) is 0 Å². The fourth-order valence-electron chi connectivity index (χ4n) is 0.962. The molecule has 2 heteroatoms. The molecule has 0 bridgehead atoms. The second kappa shape index (κ2) is 2.18. The Morgan fingerprint density at radius 1 is 1.78 bits per heavy atom. The van der Waals surface area contributed by atoms with Crippen molar-refractivity contribution in [2.45, 2.75) is 19.0 Å². The van der Waals surface area contributed by atoms with Crippen molar-refractivity contribution in [1.82, 2.24) is 0 Å². The topological polar surface area (TPSA) is 17.1 Å². The number of hydrogen-bond donors (Lipinski definition) is 0. The van der Waals surface area contributed by atoms with Gasteiger partial charge in [-0.15, -0.1) is 12.3 Å². The molecule has 0 heterocycles. The lowest BCUT2D eigenvalue weighted by atomic mass is 10.1. The highest BCUT2D eigenvalue weighted by atomic mass is 19.1. The SMILES string of the molecule is C#CC1CC(=O)C(F)C1. The van der Waals surface area contributed by atoms with Gasteiger partial charge in [-0.2, -0.15) is 0 Å². The summed E-state index contributed by atoms with van der Waals surface area (Å²) in [4.78, 5) is 10.5. The van der Waals surface area contributed by atoms with Gasteiger partial charge < -0.3 is 0 Å². The minimum Gasteiger partial charge on any atom is -0.296 e. The van der Waals surface area contributed by atoms with Gasteiger partial charge in [-0.3, -0.25) is 4.79 Å². The van der Waals surface area contributed by atoms with E-state index in [1.165, 1.54) is 0 Å². The number of carbonyl (C=O) groups is 1. The van der Waals surface area contributed by atoms with Crippen LogP contribution in [-0.2, 0) is 4.79 Å². The first-order valence-corrected chi connectivity index (χ1v) is 2.87. The summed E-state index contributed by atoms with van der Waals surface area (Å²) in [7, 11) is 0. The summed E-state index contributed by atoms with van der Waals surface area (Å²) in [6.07, 6.45) is 4.17. The van der Waals surface area contributed by atoms with E-state index >= 15 is 0 Å². The summed E-state index contributed by atoms with van der Waals surface area (Å²) in [5.74, 6) is 1.88. The van der Waals surface area contributed by atoms with Crippen molar-refractivity contribution in [1.29, 1.82) is 0 Å². The van der Waals surface area contributed by atoms with E-state index in [-0.39, 0.29) is 24.5 Å². The maximum Gasteiger partial charge on any atom is 0.168 e. The molecule has 0 amide bonds. The molecule has 0 aromatic carbocycles. The minimum atomic E-state index is -1.29. The van der Waals surface area contributed by atoms with E-state index in [4.69, 9.17) is 6.42 Å². The van der Waals surface area contributed by atoms with Crippen LogP contribution >= 0.6 is 0 Å². The molecule has 1 fully saturated rings. The molecule has 48 valence electrons. The average molecular weight is 126 g/mol. The number of ketones is 1. The molecular weight excluding hydrogens is 119 g/mol. The number of carbonyl (C=O) groups excluding carboxylic acids is 1. The fourth-order valence-corrected chi connectivity index (χ4v) is 0.962. The van der Waals surface area contributed by atoms with Crippen LogP contribution in [0.4, 0.5) is 4.39 Å². The van der Waals surface area contributed by atoms with Crippen LogP contribution in [0.5, 0.6) is 0 Å². The van der Waals surface area contributed by atoms with Gasteiger partial charge in [0.25, 0.3) is 0 Å². The van der Waals surface area contributed by atoms with Crippen LogP contribution in [0.1, 0.15) is 12.8 Å². The number of alkyl halides is 1. The lowest BCUT2D eigenvalue weighted by Crippen LogP contribution is -2.04. The smallest absolute Gasteiger partial charge is 0.168 e. The van der Waals surface area contributed by atoms with Gasteiger partial charge in [0.2, 0.25) is 0 Å². The van der Waals surface area contributed by atoms with E-state index < -0.39 is 6.17 Å². The third-order valence-corrected chi connectivity index (χ3v) is 1.52. The first-order chi connectivity index (χ1) is 4.24. The monoisotopic (exact) mass is 126 g/mol. The van der Waals surface area contributed by atoms with Gasteiger partial charge in [0, 0.05) is 12.3 Å². The molecule has 0 aliphatic heterocycles. The van der Waals surface area contributed by atoms with E-state index in [0.717, 1.165) is 0 Å². The largest absolute Gasteiger partial charge is 0.296 e. The summed E-state index contributed by atoms with van der Waals surface area (Å²) in [5, 5.41) is 0. The highest BCUT2D eigenvalue weighted by Crippen LogP contribution is 2.23. The van der Waals surface area contributed by atoms with Crippen LogP contribution in [0, 0.1) is 18.3 Å². The summed E-state index contributed by atoms with van der Waals surface area (Å²) >= 11 is 0. The van der Waals surface area contributed by atoms with Crippen molar-refractivity contribution in [2.24, 2.45) is 5.92 Å². The highest BCUT2D eigenvalue weighted by molar-refractivity contribution is 5.85. The molecule has 0 N–H and O–H groups in total. The van der Waals surface area contributed by atoms with Crippen LogP contribution in [0.25, 0.3) is 0 Å². The van der Waals surface area contributed by atoms with Crippen molar-refractivity contribution in [3.05, 3.63) is 0 Å². The van der Waals surface area contributed by atoms with Crippen molar-refractivity contribution < 1.29 is 9.18 Å². The Kier molecular flexibility index (Phi) is 1.52. The van der Waals surface area contributed by atoms with Gasteiger partial charge in [-0.1, -0.05) is 0 Å². The second-order valence-corrected chi connectivity index (χ2v) is 2.24. The summed E-state index contributed by atoms with van der Waals surface area (Å²) in [6.45, 7) is 0. The minimum absolute atomic E-state index is 0.146. The van der Waals surface area contributed by atoms with Crippen LogP contribution in [0.15, 0.2) is 0 Å². The Labute approximate surface area is 53.2 Å². The number of terminal acetylenes is 1. The van der Waals surface area contributed by atoms with Crippen LogP contribution in [0.3, 0.4) is 0 Å². The van der Waals surface area contributed by atoms with Gasteiger partial charge >= 0.3 is 0 Å². The van der Waals surface area contributed by atoms with Crippen molar-refractivity contribution in [2.75, 3.05) is 0 Å². The Balaban J connectivity index is 2.57. The molecule has 0 aromatic heterocycles. The summed E-state index contributed by atoms with van der Waals surface area (Å²) < 4.78 is 12.3. The lowest BCUT2D eigenvalue weighted by Gasteiger charge is -1.91. The zero-order valence-corrected chi connectivity index (χ0v) is 4.93. The normalized spacial score (nSPS) is 34.4. The van der Waals surface area contributed by atoms with Gasteiger partial charge in [0.05, 0.1) is 0 Å². The first-order valence-electron chi connectivity index (χ1n) is 2.87. The highest BCUT2D eigenvalue weighted by Gasteiger charge is 2.30. The zero-order valence-electron chi connectivity index (χ0n) is 4.93. The first kappa shape index (κ1) is 6.28. The van der Waals surface area contributed by atoms with Gasteiger partial charge in [0.1, 0.15) is 0 Å². The Hall–Kier alpha value is -0.840. The molecule has 2 unspecified atom stereocenters. The van der Waals surface area contributed by atoms with E-state index in [1.807, 2.05) is 0 Å². The number of Topliss-reactive ketones (excluding diaryl/α,β-unsaturated/α-hetero) is 1. The molecule has 0 spiro atoms. The molecule has 1 nitrogen and oxygen atoms in total. The number of halogens is 1. The second-order valence-electron chi connectivity index (χ2n) is 2.24. The maximum atomic E-state index is 12.3. The van der Waals surface area contributed by atoms with Crippen LogP contribution in [0.2, 0.25) is 0 Å². The van der Waals surface area contributed by atoms with E-state index in [2.05, 4.69) is 5.92 Å². The molecule has 1 aliphatic rings. The summed E-state index contributed by atoms with van der Waals surface area (Å²) in [6, 6.07) is 0. The maximum absolute atomic E-state index is 12.3. The number of rotatable bonds is 0. The molecule has 0 saturated heterocycles. The molecule has 2 atom stereocenters. The lowest BCUT2D eigenvalue weighted by molar-refractivity contribution is -0.121. The molecule has 0 aromatic rings. The average Bonchev–Trinajstić information content (AvgIpc) is 2.13. The molecule has 1 saturated carbocycles. The number of hydrogen-bond acceptors (Lipinski definition) is 1. The predicted molar refractivity (Wildman–Crippen MR) is 31.5 cm³/mol. The quantitative estimate of drug-likeness (QED) is 0.441. The molecule has 1 rings (SSSR count). The molecular formula is C7H7FO. The third kappa shape index (κ3) is 1.10. The summed E-state index contributed by atoms with van der Waals surface area (Å²) in [5.41, 5.74) is 0. The molecule has 1 aliphatic carbocycles. The van der Waals surface area contributed by atoms with Crippen molar-refractivity contribution >= 4 is 5.78 Å². The fraction of sp³-hybridized carbons (Fsp3) is 0.571. The predicted octanol–water partition coefficient (Wildman–Crippen LogP) is 0.937. The van der Waals surface area contributed by atoms with Gasteiger partial charge in [-0.05, 0) is 6.42 Å². The van der Waals surface area contributed by atoms with Gasteiger partial charge in [0.15, 0.2) is 12.0 Å². The molecule has 0 radical (unpaired) electrons. The zero-order chi connectivity index (χ0) is 6.85. The van der Waals surface area contributed by atoms with Gasteiger partial charge in [-0.25, -0.2) is 4.39 Å². The standard InChI is InChI=1S/C7H7FO/c1-2-5-3-6(8)7(9)4-5/h1,5-6H,3-4H2. The Morgan fingerprint density at radius 3 is 2.67 bits per heavy atom. The van der Waals surface area contributed by atoms with E-state index in [1.54, 1.807) is 0 Å². The van der Waals surface area contributed by atoms with Crippen LogP contribution < -0.4 is 0 Å².